The first-order valence-corrected chi connectivity index (χ1v) is 14.2. The summed E-state index contributed by atoms with van der Waals surface area (Å²) < 4.78 is 48.8. The number of carbonyl (C=O) groups is 1. The van der Waals surface area contributed by atoms with Crippen LogP contribution in [0.15, 0.2) is 12.4 Å². The van der Waals surface area contributed by atoms with E-state index >= 15 is 0 Å². The molecule has 1 spiro atoms. The summed E-state index contributed by atoms with van der Waals surface area (Å²) in [6.45, 7) is 3.40. The van der Waals surface area contributed by atoms with Crippen molar-refractivity contribution in [1.82, 2.24) is 34.4 Å². The number of nitrogens with one attached hydrogen (secondary N) is 1. The molecule has 0 bridgehead atoms. The largest absolute Gasteiger partial charge is 0.406 e. The predicted molar refractivity (Wildman–Crippen MR) is 149 cm³/mol. The van der Waals surface area contributed by atoms with Crippen molar-refractivity contribution in [3.63, 3.8) is 0 Å². The number of hydrogen-bond donors (Lipinski definition) is 1. The van der Waals surface area contributed by atoms with E-state index in [0.717, 1.165) is 23.8 Å². The highest BCUT2D eigenvalue weighted by atomic mass is 19.4. The molecular formula is C27H33F3N10O2. The number of rotatable bonds is 8. The molecule has 3 aliphatic rings. The Morgan fingerprint density at radius 1 is 1.07 bits per heavy atom. The second-order valence-electron chi connectivity index (χ2n) is 11.1. The first-order chi connectivity index (χ1) is 20.2. The number of fused-ring (bicyclic) bond motifs is 1. The summed E-state index contributed by atoms with van der Waals surface area (Å²) in [6.07, 6.45) is 3.59. The van der Waals surface area contributed by atoms with Crippen LogP contribution in [0.25, 0.3) is 22.6 Å². The van der Waals surface area contributed by atoms with Crippen molar-refractivity contribution >= 4 is 35.1 Å². The summed E-state index contributed by atoms with van der Waals surface area (Å²) >= 11 is 0. The number of amides is 1. The number of alkyl halides is 3. The van der Waals surface area contributed by atoms with Gasteiger partial charge in [-0.3, -0.25) is 9.36 Å². The lowest BCUT2D eigenvalue weighted by Crippen LogP contribution is -2.57. The first kappa shape index (κ1) is 28.2. The first-order valence-electron chi connectivity index (χ1n) is 14.2. The number of aromatic nitrogens is 6. The van der Waals surface area contributed by atoms with Gasteiger partial charge < -0.3 is 24.8 Å². The summed E-state index contributed by atoms with van der Waals surface area (Å²) in [6, 6.07) is 0. The number of nitrogens with zero attached hydrogens (tertiary/aromatic N) is 9. The molecule has 5 heterocycles. The average molecular weight is 587 g/mol. The molecule has 6 rings (SSSR count). The molecule has 3 aromatic heterocycles. The van der Waals surface area contributed by atoms with Gasteiger partial charge in [0.15, 0.2) is 22.8 Å². The van der Waals surface area contributed by atoms with Crippen LogP contribution in [0.5, 0.6) is 0 Å². The van der Waals surface area contributed by atoms with Crippen molar-refractivity contribution in [2.75, 3.05) is 55.7 Å². The lowest BCUT2D eigenvalue weighted by molar-refractivity contribution is -0.139. The number of anilines is 2. The van der Waals surface area contributed by atoms with E-state index in [2.05, 4.69) is 15.0 Å². The molecule has 2 aliphatic heterocycles. The minimum Gasteiger partial charge on any atom is -0.378 e. The number of aryl methyl sites for hydroxylation is 1. The van der Waals surface area contributed by atoms with Gasteiger partial charge in [0.2, 0.25) is 11.9 Å². The van der Waals surface area contributed by atoms with Gasteiger partial charge in [0.1, 0.15) is 12.4 Å². The second-order valence-corrected chi connectivity index (χ2v) is 11.1. The third-order valence-corrected chi connectivity index (χ3v) is 8.06. The molecule has 3 fully saturated rings. The van der Waals surface area contributed by atoms with Crippen molar-refractivity contribution in [2.24, 2.45) is 0 Å². The zero-order valence-corrected chi connectivity index (χ0v) is 23.4. The smallest absolute Gasteiger partial charge is 0.378 e. The zero-order valence-electron chi connectivity index (χ0n) is 23.4. The van der Waals surface area contributed by atoms with Crippen LogP contribution >= 0.6 is 0 Å². The summed E-state index contributed by atoms with van der Waals surface area (Å²) in [4.78, 5) is 40.9. The maximum Gasteiger partial charge on any atom is 0.406 e. The number of carbonyl (C=O) groups excluding carboxylic acids is 1. The molecule has 1 saturated carbocycles. The number of ether oxygens (including phenoxy) is 1. The van der Waals surface area contributed by atoms with Crippen LogP contribution in [-0.4, -0.2) is 104 Å². The standard InChI is InChI=1S/C27H33F3N10O2/c1-18(41)40-9-8-38(16-26(40)5-6-26)25-34-21-23(37-10-12-42-13-11-37)35-22(36-24(21)39(25)17-27(28,29)30)19-14-32-20(33-15-19)4-2-3-7-31/h7,14-15,31H,2-6,8-13,16-17H2,1H3. The van der Waals surface area contributed by atoms with E-state index in [1.165, 1.54) is 13.1 Å². The van der Waals surface area contributed by atoms with Crippen molar-refractivity contribution in [2.45, 2.75) is 57.3 Å². The van der Waals surface area contributed by atoms with Crippen LogP contribution in [0, 0.1) is 5.41 Å². The maximum absolute atomic E-state index is 14.1. The summed E-state index contributed by atoms with van der Waals surface area (Å²) in [5.41, 5.74) is 0.494. The fourth-order valence-corrected chi connectivity index (χ4v) is 5.84. The summed E-state index contributed by atoms with van der Waals surface area (Å²) in [5.74, 6) is 1.42. The Kier molecular flexibility index (Phi) is 7.45. The van der Waals surface area contributed by atoms with Crippen molar-refractivity contribution in [3.05, 3.63) is 18.2 Å². The number of morpholine rings is 1. The van der Waals surface area contributed by atoms with Gasteiger partial charge >= 0.3 is 6.18 Å². The fraction of sp³-hybridized carbons (Fsp3) is 0.593. The molecule has 0 atom stereocenters. The van der Waals surface area contributed by atoms with Gasteiger partial charge in [-0.1, -0.05) is 0 Å². The van der Waals surface area contributed by atoms with Gasteiger partial charge in [-0.25, -0.2) is 24.9 Å². The monoisotopic (exact) mass is 586 g/mol. The Bertz CT molecular complexity index is 1470. The van der Waals surface area contributed by atoms with Crippen LogP contribution in [0.1, 0.15) is 38.4 Å². The summed E-state index contributed by atoms with van der Waals surface area (Å²) in [7, 11) is 0. The van der Waals surface area contributed by atoms with Crippen LogP contribution in [0.2, 0.25) is 0 Å². The molecule has 1 aliphatic carbocycles. The van der Waals surface area contributed by atoms with Crippen LogP contribution in [-0.2, 0) is 22.5 Å². The predicted octanol–water partition coefficient (Wildman–Crippen LogP) is 2.86. The number of imidazole rings is 1. The maximum atomic E-state index is 14.1. The highest BCUT2D eigenvalue weighted by molar-refractivity contribution is 5.88. The van der Waals surface area contributed by atoms with Gasteiger partial charge in [0, 0.05) is 58.5 Å². The SMILES string of the molecule is CC(=O)N1CCN(c2nc3c(N4CCOCC4)nc(-c4cnc(CCCC=N)nc4)nc3n2CC(F)(F)F)CC12CC2. The third kappa shape index (κ3) is 5.61. The third-order valence-electron chi connectivity index (χ3n) is 8.06. The van der Waals surface area contributed by atoms with E-state index in [1.54, 1.807) is 12.4 Å². The molecule has 1 N–H and O–H groups in total. The Morgan fingerprint density at radius 2 is 1.81 bits per heavy atom. The minimum absolute atomic E-state index is 0.0241. The van der Waals surface area contributed by atoms with E-state index in [4.69, 9.17) is 20.1 Å². The van der Waals surface area contributed by atoms with Gasteiger partial charge in [0.05, 0.1) is 24.3 Å². The quantitative estimate of drug-likeness (QED) is 0.313. The Morgan fingerprint density at radius 3 is 2.45 bits per heavy atom. The van der Waals surface area contributed by atoms with Crippen LogP contribution in [0.3, 0.4) is 0 Å². The van der Waals surface area contributed by atoms with Crippen LogP contribution < -0.4 is 9.80 Å². The van der Waals surface area contributed by atoms with Gasteiger partial charge in [-0.05, 0) is 31.9 Å². The van der Waals surface area contributed by atoms with Crippen molar-refractivity contribution in [1.29, 1.82) is 5.41 Å². The molecule has 2 saturated heterocycles. The fourth-order valence-electron chi connectivity index (χ4n) is 5.84. The lowest BCUT2D eigenvalue weighted by Gasteiger charge is -2.42. The molecular weight excluding hydrogens is 553 g/mol. The van der Waals surface area contributed by atoms with Gasteiger partial charge in [-0.15, -0.1) is 0 Å². The van der Waals surface area contributed by atoms with Crippen molar-refractivity contribution in [3.8, 4) is 11.4 Å². The highest BCUT2D eigenvalue weighted by Gasteiger charge is 2.53. The highest BCUT2D eigenvalue weighted by Crippen LogP contribution is 2.45. The van der Waals surface area contributed by atoms with E-state index in [0.29, 0.717) is 81.5 Å². The Balaban J connectivity index is 1.45. The molecule has 12 nitrogen and oxygen atoms in total. The molecule has 1 amide bonds. The molecule has 0 unspecified atom stereocenters. The summed E-state index contributed by atoms with van der Waals surface area (Å²) in [5, 5.41) is 7.18. The second kappa shape index (κ2) is 11.1. The number of unbranched alkanes of at least 4 members (excludes halogenated alkanes) is 1. The Hall–Kier alpha value is -3.88. The molecule has 0 aromatic carbocycles. The molecule has 42 heavy (non-hydrogen) atoms. The zero-order chi connectivity index (χ0) is 29.5. The van der Waals surface area contributed by atoms with E-state index in [1.807, 2.05) is 14.7 Å². The van der Waals surface area contributed by atoms with E-state index < -0.39 is 12.7 Å². The lowest BCUT2D eigenvalue weighted by atomic mass is 10.1. The van der Waals surface area contributed by atoms with Crippen molar-refractivity contribution < 1.29 is 22.7 Å². The van der Waals surface area contributed by atoms with Crippen LogP contribution in [0.4, 0.5) is 24.9 Å². The van der Waals surface area contributed by atoms with E-state index in [9.17, 15) is 18.0 Å². The number of halogens is 3. The van der Waals surface area contributed by atoms with Gasteiger partial charge in [-0.2, -0.15) is 13.2 Å². The van der Waals surface area contributed by atoms with E-state index in [-0.39, 0.29) is 28.9 Å². The molecule has 0 radical (unpaired) electrons. The average Bonchev–Trinajstić information content (AvgIpc) is 3.64. The normalized spacial score (nSPS) is 18.6. The minimum atomic E-state index is -4.52. The molecule has 3 aromatic rings. The molecule has 224 valence electrons. The molecule has 15 heteroatoms. The Labute approximate surface area is 240 Å². The number of hydrogen-bond acceptors (Lipinski definition) is 10. The van der Waals surface area contributed by atoms with Gasteiger partial charge in [0.25, 0.3) is 0 Å². The number of piperazine rings is 1. The topological polar surface area (TPSA) is 129 Å².